The van der Waals surface area contributed by atoms with Crippen LogP contribution in [0.15, 0.2) is 24.5 Å². The third-order valence-electron chi connectivity index (χ3n) is 3.19. The molecule has 3 heterocycles. The molecule has 0 fully saturated rings. The second-order valence-electron chi connectivity index (χ2n) is 4.53. The van der Waals surface area contributed by atoms with Crippen LogP contribution in [0.3, 0.4) is 0 Å². The summed E-state index contributed by atoms with van der Waals surface area (Å²) in [5.74, 6) is 1.32. The normalized spacial score (nSPS) is 11.1. The van der Waals surface area contributed by atoms with Crippen LogP contribution >= 0.6 is 11.3 Å². The smallest absolute Gasteiger partial charge is 0.136 e. The Labute approximate surface area is 115 Å². The summed E-state index contributed by atoms with van der Waals surface area (Å²) in [6.07, 6.45) is 4.24. The first-order chi connectivity index (χ1) is 9.15. The van der Waals surface area contributed by atoms with Crippen molar-refractivity contribution in [2.75, 3.05) is 5.73 Å². The zero-order valence-electron chi connectivity index (χ0n) is 10.8. The van der Waals surface area contributed by atoms with Gasteiger partial charge in [0.25, 0.3) is 0 Å². The Morgan fingerprint density at radius 3 is 2.84 bits per heavy atom. The van der Waals surface area contributed by atoms with Crippen LogP contribution < -0.4 is 5.73 Å². The van der Waals surface area contributed by atoms with E-state index in [4.69, 9.17) is 5.73 Å². The number of rotatable bonds is 2. The number of nitrogen functional groups attached to an aromatic ring is 1. The summed E-state index contributed by atoms with van der Waals surface area (Å²) in [6.45, 7) is 4.15. The number of fused-ring (bicyclic) bond motifs is 1. The molecule has 0 bridgehead atoms. The molecule has 2 N–H and O–H groups in total. The molecule has 4 nitrogen and oxygen atoms in total. The predicted molar refractivity (Wildman–Crippen MR) is 78.3 cm³/mol. The first kappa shape index (κ1) is 12.0. The highest BCUT2D eigenvalue weighted by atomic mass is 32.1. The van der Waals surface area contributed by atoms with Crippen molar-refractivity contribution in [3.8, 4) is 0 Å². The maximum Gasteiger partial charge on any atom is 0.136 e. The van der Waals surface area contributed by atoms with E-state index >= 15 is 0 Å². The highest BCUT2D eigenvalue weighted by Gasteiger charge is 2.12. The second-order valence-corrected chi connectivity index (χ2v) is 5.73. The predicted octanol–water partition coefficient (Wildman–Crippen LogP) is 2.88. The highest BCUT2D eigenvalue weighted by Crippen LogP contribution is 2.32. The number of nitrogens with zero attached hydrogens (tertiary/aromatic N) is 3. The standard InChI is InChI=1S/C14H14N4S/c1-8-9(2)19-14-12(8)13(15)17-11(18-14)6-10-4-3-5-16-7-10/h3-5,7H,6H2,1-2H3,(H2,15,17,18). The molecule has 0 aliphatic heterocycles. The van der Waals surface area contributed by atoms with Crippen molar-refractivity contribution in [3.63, 3.8) is 0 Å². The Balaban J connectivity index is 2.06. The van der Waals surface area contributed by atoms with Crippen LogP contribution in [0.1, 0.15) is 21.8 Å². The zero-order valence-corrected chi connectivity index (χ0v) is 11.7. The van der Waals surface area contributed by atoms with Gasteiger partial charge < -0.3 is 5.73 Å². The Hall–Kier alpha value is -2.01. The topological polar surface area (TPSA) is 64.7 Å². The summed E-state index contributed by atoms with van der Waals surface area (Å²) >= 11 is 1.67. The molecular formula is C14H14N4S. The summed E-state index contributed by atoms with van der Waals surface area (Å²) in [5, 5.41) is 0.998. The van der Waals surface area contributed by atoms with Gasteiger partial charge in [-0.05, 0) is 31.0 Å². The summed E-state index contributed by atoms with van der Waals surface area (Å²) in [6, 6.07) is 3.93. The quantitative estimate of drug-likeness (QED) is 0.777. The molecule has 0 saturated heterocycles. The number of nitrogens with two attached hydrogens (primary N) is 1. The molecule has 0 unspecified atom stereocenters. The summed E-state index contributed by atoms with van der Waals surface area (Å²) in [4.78, 5) is 15.3. The van der Waals surface area contributed by atoms with Crippen molar-refractivity contribution in [2.45, 2.75) is 20.3 Å². The average Bonchev–Trinajstić information content (AvgIpc) is 2.66. The Bertz CT molecular complexity index is 734. The first-order valence-corrected chi connectivity index (χ1v) is 6.88. The molecular weight excluding hydrogens is 256 g/mol. The van der Waals surface area contributed by atoms with Gasteiger partial charge in [-0.3, -0.25) is 4.98 Å². The van der Waals surface area contributed by atoms with Crippen LogP contribution in [0.5, 0.6) is 0 Å². The lowest BCUT2D eigenvalue weighted by Crippen LogP contribution is -2.01. The van der Waals surface area contributed by atoms with E-state index in [1.165, 1.54) is 10.4 Å². The Morgan fingerprint density at radius 2 is 2.11 bits per heavy atom. The molecule has 0 amide bonds. The van der Waals surface area contributed by atoms with Crippen molar-refractivity contribution in [3.05, 3.63) is 46.4 Å². The van der Waals surface area contributed by atoms with Crippen LogP contribution in [0.25, 0.3) is 10.2 Å². The lowest BCUT2D eigenvalue weighted by molar-refractivity contribution is 0.992. The number of anilines is 1. The third kappa shape index (κ3) is 2.17. The molecule has 3 aromatic rings. The van der Waals surface area contributed by atoms with Crippen LogP contribution in [-0.2, 0) is 6.42 Å². The van der Waals surface area contributed by atoms with Gasteiger partial charge in [-0.1, -0.05) is 6.07 Å². The first-order valence-electron chi connectivity index (χ1n) is 6.06. The molecule has 3 aromatic heterocycles. The maximum atomic E-state index is 6.06. The number of aryl methyl sites for hydroxylation is 2. The van der Waals surface area contributed by atoms with Crippen molar-refractivity contribution in [1.29, 1.82) is 0 Å². The Morgan fingerprint density at radius 1 is 1.26 bits per heavy atom. The summed E-state index contributed by atoms with van der Waals surface area (Å²) in [7, 11) is 0. The molecule has 0 aliphatic rings. The number of aromatic nitrogens is 3. The molecule has 0 radical (unpaired) electrons. The fraction of sp³-hybridized carbons (Fsp3) is 0.214. The summed E-state index contributed by atoms with van der Waals surface area (Å²) in [5.41, 5.74) is 8.34. The van der Waals surface area contributed by atoms with Crippen LogP contribution in [0, 0.1) is 13.8 Å². The monoisotopic (exact) mass is 270 g/mol. The van der Waals surface area contributed by atoms with E-state index in [1.54, 1.807) is 17.5 Å². The highest BCUT2D eigenvalue weighted by molar-refractivity contribution is 7.18. The van der Waals surface area contributed by atoms with Gasteiger partial charge in [-0.25, -0.2) is 9.97 Å². The van der Waals surface area contributed by atoms with E-state index in [1.807, 2.05) is 18.3 Å². The number of hydrogen-bond acceptors (Lipinski definition) is 5. The van der Waals surface area contributed by atoms with Gasteiger partial charge in [0, 0.05) is 23.7 Å². The van der Waals surface area contributed by atoms with Crippen LogP contribution in [-0.4, -0.2) is 15.0 Å². The molecule has 3 rings (SSSR count). The van der Waals surface area contributed by atoms with E-state index in [0.29, 0.717) is 12.2 Å². The molecule has 0 aromatic carbocycles. The lowest BCUT2D eigenvalue weighted by atomic mass is 10.2. The molecule has 0 saturated carbocycles. The number of thiophene rings is 1. The molecule has 19 heavy (non-hydrogen) atoms. The van der Waals surface area contributed by atoms with Gasteiger partial charge >= 0.3 is 0 Å². The van der Waals surface area contributed by atoms with Crippen LogP contribution in [0.2, 0.25) is 0 Å². The molecule has 5 heteroatoms. The van der Waals surface area contributed by atoms with Crippen molar-refractivity contribution >= 4 is 27.4 Å². The van der Waals surface area contributed by atoms with Crippen molar-refractivity contribution in [2.24, 2.45) is 0 Å². The van der Waals surface area contributed by atoms with E-state index in [0.717, 1.165) is 21.6 Å². The maximum absolute atomic E-state index is 6.06. The largest absolute Gasteiger partial charge is 0.383 e. The zero-order chi connectivity index (χ0) is 13.4. The van der Waals surface area contributed by atoms with E-state index in [-0.39, 0.29) is 0 Å². The Kier molecular flexibility index (Phi) is 2.91. The van der Waals surface area contributed by atoms with Crippen molar-refractivity contribution < 1.29 is 0 Å². The van der Waals surface area contributed by atoms with Gasteiger partial charge in [0.15, 0.2) is 0 Å². The average molecular weight is 270 g/mol. The van der Waals surface area contributed by atoms with Crippen LogP contribution in [0.4, 0.5) is 5.82 Å². The minimum Gasteiger partial charge on any atom is -0.383 e. The van der Waals surface area contributed by atoms with Gasteiger partial charge in [-0.15, -0.1) is 11.3 Å². The second kappa shape index (κ2) is 4.59. The molecule has 0 atom stereocenters. The minimum absolute atomic E-state index is 0.575. The van der Waals surface area contributed by atoms with E-state index < -0.39 is 0 Å². The fourth-order valence-electron chi connectivity index (χ4n) is 2.09. The fourth-order valence-corrected chi connectivity index (χ4v) is 3.15. The lowest BCUT2D eigenvalue weighted by Gasteiger charge is -2.03. The van der Waals surface area contributed by atoms with Gasteiger partial charge in [0.05, 0.1) is 5.39 Å². The van der Waals surface area contributed by atoms with Gasteiger partial charge in [0.2, 0.25) is 0 Å². The molecule has 96 valence electrons. The molecule has 0 aliphatic carbocycles. The van der Waals surface area contributed by atoms with Crippen molar-refractivity contribution in [1.82, 2.24) is 15.0 Å². The number of hydrogen-bond donors (Lipinski definition) is 1. The number of pyridine rings is 1. The third-order valence-corrected chi connectivity index (χ3v) is 4.29. The summed E-state index contributed by atoms with van der Waals surface area (Å²) < 4.78 is 0. The van der Waals surface area contributed by atoms with E-state index in [2.05, 4.69) is 28.8 Å². The van der Waals surface area contributed by atoms with Gasteiger partial charge in [-0.2, -0.15) is 0 Å². The van der Waals surface area contributed by atoms with E-state index in [9.17, 15) is 0 Å². The molecule has 0 spiro atoms. The SMILES string of the molecule is Cc1sc2nc(Cc3cccnc3)nc(N)c2c1C. The van der Waals surface area contributed by atoms with Gasteiger partial charge in [0.1, 0.15) is 16.5 Å². The minimum atomic E-state index is 0.575.